The van der Waals surface area contributed by atoms with Crippen LogP contribution in [0.1, 0.15) is 41.5 Å². The minimum Gasteiger partial charge on any atom is -0.494 e. The second kappa shape index (κ2) is 8.12. The van der Waals surface area contributed by atoms with Crippen LogP contribution in [0, 0.1) is 6.92 Å². The third kappa shape index (κ3) is 4.84. The van der Waals surface area contributed by atoms with Gasteiger partial charge in [0.15, 0.2) is 0 Å². The molecule has 0 aliphatic heterocycles. The number of hydrogen-bond donors (Lipinski definition) is 1. The minimum atomic E-state index is -0.128. The van der Waals surface area contributed by atoms with Gasteiger partial charge in [-0.1, -0.05) is 13.3 Å². The van der Waals surface area contributed by atoms with Crippen molar-refractivity contribution in [2.75, 3.05) is 6.61 Å². The van der Waals surface area contributed by atoms with E-state index in [0.29, 0.717) is 18.7 Å². The van der Waals surface area contributed by atoms with Crippen LogP contribution in [0.15, 0.2) is 36.7 Å². The fraction of sp³-hybridized carbons (Fsp3) is 0.353. The maximum Gasteiger partial charge on any atom is 0.251 e. The highest BCUT2D eigenvalue weighted by Crippen LogP contribution is 2.12. The lowest BCUT2D eigenvalue weighted by atomic mass is 10.2. The van der Waals surface area contributed by atoms with Gasteiger partial charge >= 0.3 is 0 Å². The lowest BCUT2D eigenvalue weighted by molar-refractivity contribution is 0.0950. The van der Waals surface area contributed by atoms with Crippen molar-refractivity contribution in [3.8, 4) is 5.75 Å². The minimum absolute atomic E-state index is 0.128. The van der Waals surface area contributed by atoms with E-state index in [1.54, 1.807) is 12.1 Å². The van der Waals surface area contributed by atoms with E-state index in [9.17, 15) is 4.79 Å². The van der Waals surface area contributed by atoms with Crippen molar-refractivity contribution in [2.24, 2.45) is 0 Å². The van der Waals surface area contributed by atoms with Crippen molar-refractivity contribution in [3.63, 3.8) is 0 Å². The highest BCUT2D eigenvalue weighted by Gasteiger charge is 2.06. The summed E-state index contributed by atoms with van der Waals surface area (Å²) in [5, 5.41) is 2.84. The van der Waals surface area contributed by atoms with Crippen LogP contribution in [0.2, 0.25) is 0 Å². The molecule has 1 N–H and O–H groups in total. The zero-order chi connectivity index (χ0) is 15.8. The number of amides is 1. The van der Waals surface area contributed by atoms with Gasteiger partial charge in [0.25, 0.3) is 5.91 Å². The Balaban J connectivity index is 1.87. The van der Waals surface area contributed by atoms with E-state index in [2.05, 4.69) is 22.2 Å². The fourth-order valence-electron chi connectivity index (χ4n) is 1.92. The molecule has 0 aliphatic rings. The number of unbranched alkanes of at least 4 members (excludes halogenated alkanes) is 1. The smallest absolute Gasteiger partial charge is 0.251 e. The number of ether oxygens (including phenoxy) is 1. The average Bonchev–Trinajstić information content (AvgIpc) is 2.54. The van der Waals surface area contributed by atoms with Crippen LogP contribution in [0.4, 0.5) is 0 Å². The predicted octanol–water partition coefficient (Wildman–Crippen LogP) is 2.89. The van der Waals surface area contributed by atoms with E-state index in [1.165, 1.54) is 6.33 Å². The van der Waals surface area contributed by atoms with Gasteiger partial charge in [0, 0.05) is 11.3 Å². The molecule has 1 amide bonds. The summed E-state index contributed by atoms with van der Waals surface area (Å²) in [7, 11) is 0. The average molecular weight is 299 g/mol. The molecule has 2 rings (SSSR count). The number of nitrogens with one attached hydrogen (secondary N) is 1. The van der Waals surface area contributed by atoms with E-state index in [1.807, 2.05) is 25.1 Å². The Hall–Kier alpha value is -2.43. The molecular formula is C17H21N3O2. The topological polar surface area (TPSA) is 64.1 Å². The number of hydrogen-bond acceptors (Lipinski definition) is 4. The number of benzene rings is 1. The Labute approximate surface area is 130 Å². The molecule has 0 radical (unpaired) electrons. The maximum absolute atomic E-state index is 12.1. The number of aryl methyl sites for hydroxylation is 1. The van der Waals surface area contributed by atoms with Crippen LogP contribution in [0.25, 0.3) is 0 Å². The van der Waals surface area contributed by atoms with Gasteiger partial charge < -0.3 is 10.1 Å². The number of rotatable bonds is 7. The molecule has 0 aliphatic carbocycles. The summed E-state index contributed by atoms with van der Waals surface area (Å²) in [4.78, 5) is 20.2. The van der Waals surface area contributed by atoms with Gasteiger partial charge in [0.1, 0.15) is 12.1 Å². The number of aromatic nitrogens is 2. The quantitative estimate of drug-likeness (QED) is 0.798. The summed E-state index contributed by atoms with van der Waals surface area (Å²) < 4.78 is 5.57. The van der Waals surface area contributed by atoms with E-state index in [4.69, 9.17) is 4.74 Å². The molecule has 5 heteroatoms. The molecule has 1 aromatic carbocycles. The van der Waals surface area contributed by atoms with Crippen LogP contribution < -0.4 is 10.1 Å². The van der Waals surface area contributed by atoms with Crippen LogP contribution >= 0.6 is 0 Å². The Morgan fingerprint density at radius 1 is 1.23 bits per heavy atom. The van der Waals surface area contributed by atoms with Gasteiger partial charge in [0.2, 0.25) is 0 Å². The van der Waals surface area contributed by atoms with Crippen molar-refractivity contribution in [1.82, 2.24) is 15.3 Å². The van der Waals surface area contributed by atoms with Gasteiger partial charge in [-0.05, 0) is 43.7 Å². The lowest BCUT2D eigenvalue weighted by Crippen LogP contribution is -2.23. The molecule has 1 aromatic heterocycles. The van der Waals surface area contributed by atoms with Crippen molar-refractivity contribution < 1.29 is 9.53 Å². The Kier molecular flexibility index (Phi) is 5.89. The van der Waals surface area contributed by atoms with Crippen LogP contribution in [-0.2, 0) is 6.54 Å². The van der Waals surface area contributed by atoms with Crippen LogP contribution in [-0.4, -0.2) is 22.5 Å². The van der Waals surface area contributed by atoms with Crippen molar-refractivity contribution >= 4 is 5.91 Å². The summed E-state index contributed by atoms with van der Waals surface area (Å²) >= 11 is 0. The Bertz CT molecular complexity index is 612. The van der Waals surface area contributed by atoms with Crippen LogP contribution in [0.3, 0.4) is 0 Å². The van der Waals surface area contributed by atoms with Crippen molar-refractivity contribution in [2.45, 2.75) is 33.2 Å². The largest absolute Gasteiger partial charge is 0.494 e. The van der Waals surface area contributed by atoms with E-state index in [-0.39, 0.29) is 5.91 Å². The first-order valence-electron chi connectivity index (χ1n) is 7.47. The van der Waals surface area contributed by atoms with Gasteiger partial charge in [-0.25, -0.2) is 9.97 Å². The second-order valence-corrected chi connectivity index (χ2v) is 5.06. The molecule has 5 nitrogen and oxygen atoms in total. The third-order valence-electron chi connectivity index (χ3n) is 3.17. The van der Waals surface area contributed by atoms with Crippen molar-refractivity contribution in [3.05, 3.63) is 53.6 Å². The summed E-state index contributed by atoms with van der Waals surface area (Å²) in [6, 6.07) is 9.02. The molecule has 2 aromatic rings. The molecule has 0 saturated carbocycles. The first-order chi connectivity index (χ1) is 10.7. The first kappa shape index (κ1) is 15.9. The molecule has 0 atom stereocenters. The van der Waals surface area contributed by atoms with E-state index < -0.39 is 0 Å². The highest BCUT2D eigenvalue weighted by molar-refractivity contribution is 5.94. The van der Waals surface area contributed by atoms with E-state index in [0.717, 1.165) is 30.0 Å². The Morgan fingerprint density at radius 3 is 2.68 bits per heavy atom. The first-order valence-corrected chi connectivity index (χ1v) is 7.47. The molecule has 1 heterocycles. The molecule has 116 valence electrons. The summed E-state index contributed by atoms with van der Waals surface area (Å²) in [6.07, 6.45) is 3.63. The summed E-state index contributed by atoms with van der Waals surface area (Å²) in [5.41, 5.74) is 2.28. The molecule has 0 fully saturated rings. The fourth-order valence-corrected chi connectivity index (χ4v) is 1.92. The van der Waals surface area contributed by atoms with Crippen molar-refractivity contribution in [1.29, 1.82) is 0 Å². The molecule has 0 spiro atoms. The molecular weight excluding hydrogens is 278 g/mol. The molecule has 22 heavy (non-hydrogen) atoms. The third-order valence-corrected chi connectivity index (χ3v) is 3.17. The summed E-state index contributed by atoms with van der Waals surface area (Å²) in [6.45, 7) is 5.10. The normalized spacial score (nSPS) is 10.3. The zero-order valence-electron chi connectivity index (χ0n) is 13.0. The monoisotopic (exact) mass is 299 g/mol. The SMILES string of the molecule is CCCCOc1ccc(C(=O)NCc2cc(C)ncn2)cc1. The van der Waals surface area contributed by atoms with Gasteiger partial charge in [-0.15, -0.1) is 0 Å². The van der Waals surface area contributed by atoms with Gasteiger partial charge in [-0.3, -0.25) is 4.79 Å². The van der Waals surface area contributed by atoms with Gasteiger partial charge in [-0.2, -0.15) is 0 Å². The predicted molar refractivity (Wildman–Crippen MR) is 84.8 cm³/mol. The standard InChI is InChI=1S/C17H21N3O2/c1-3-4-9-22-16-7-5-14(6-8-16)17(21)18-11-15-10-13(2)19-12-20-15/h5-8,10,12H,3-4,9,11H2,1-2H3,(H,18,21). The highest BCUT2D eigenvalue weighted by atomic mass is 16.5. The zero-order valence-corrected chi connectivity index (χ0v) is 13.0. The maximum atomic E-state index is 12.1. The molecule has 0 saturated heterocycles. The second-order valence-electron chi connectivity index (χ2n) is 5.06. The van der Waals surface area contributed by atoms with Crippen LogP contribution in [0.5, 0.6) is 5.75 Å². The Morgan fingerprint density at radius 2 is 2.00 bits per heavy atom. The molecule has 0 unspecified atom stereocenters. The molecule has 0 bridgehead atoms. The summed E-state index contributed by atoms with van der Waals surface area (Å²) in [5.74, 6) is 0.660. The lowest BCUT2D eigenvalue weighted by Gasteiger charge is -2.07. The van der Waals surface area contributed by atoms with Gasteiger partial charge in [0.05, 0.1) is 18.8 Å². The number of nitrogens with zero attached hydrogens (tertiary/aromatic N) is 2. The number of carbonyl (C=O) groups is 1. The number of carbonyl (C=O) groups excluding carboxylic acids is 1. The van der Waals surface area contributed by atoms with E-state index >= 15 is 0 Å².